The second kappa shape index (κ2) is 4.45. The zero-order chi connectivity index (χ0) is 12.4. The monoisotopic (exact) mass is 239 g/mol. The normalized spacial score (nSPS) is 10.5. The van der Waals surface area contributed by atoms with Crippen LogP contribution >= 0.6 is 0 Å². The molecule has 3 nitrogen and oxygen atoms in total. The number of hydrogen-bond donors (Lipinski definition) is 0. The lowest BCUT2D eigenvalue weighted by molar-refractivity contribution is 0.539. The fraction of sp³-hybridized carbons (Fsp3) is 0.0667. The smallest absolute Gasteiger partial charge is 0.206 e. The van der Waals surface area contributed by atoms with E-state index in [4.69, 9.17) is 8.83 Å². The van der Waals surface area contributed by atoms with E-state index in [9.17, 15) is 0 Å². The average molecular weight is 239 g/mol. The summed E-state index contributed by atoms with van der Waals surface area (Å²) in [7, 11) is 0. The van der Waals surface area contributed by atoms with Crippen molar-refractivity contribution in [2.24, 2.45) is 0 Å². The van der Waals surface area contributed by atoms with Crippen LogP contribution in [0.25, 0.3) is 0 Å². The van der Waals surface area contributed by atoms with Crippen LogP contribution in [0.1, 0.15) is 5.56 Å². The first-order valence-corrected chi connectivity index (χ1v) is 5.78. The highest BCUT2D eigenvalue weighted by molar-refractivity contribution is 5.70. The summed E-state index contributed by atoms with van der Waals surface area (Å²) in [5, 5.41) is 0. The molecule has 2 heterocycles. The molecule has 0 atom stereocenters. The van der Waals surface area contributed by atoms with E-state index in [-0.39, 0.29) is 0 Å². The van der Waals surface area contributed by atoms with Gasteiger partial charge in [0, 0.05) is 12.1 Å². The summed E-state index contributed by atoms with van der Waals surface area (Å²) >= 11 is 0. The van der Waals surface area contributed by atoms with E-state index in [1.54, 1.807) is 12.5 Å². The molecule has 0 spiro atoms. The number of aryl methyl sites for hydroxylation is 1. The van der Waals surface area contributed by atoms with Crippen LogP contribution in [0.2, 0.25) is 0 Å². The van der Waals surface area contributed by atoms with Crippen molar-refractivity contribution in [1.82, 2.24) is 0 Å². The van der Waals surface area contributed by atoms with Crippen molar-refractivity contribution in [1.29, 1.82) is 0 Å². The number of rotatable bonds is 3. The molecule has 2 aromatic heterocycles. The Hall–Kier alpha value is -2.42. The molecule has 0 radical (unpaired) electrons. The standard InChI is InChI=1S/C15H13NO2/c1-12-6-8-13(9-7-12)16(14-4-2-10-17-14)15-5-3-11-18-15/h2-11H,1H3. The van der Waals surface area contributed by atoms with Gasteiger partial charge in [-0.15, -0.1) is 0 Å². The van der Waals surface area contributed by atoms with E-state index in [0.29, 0.717) is 0 Å². The molecule has 0 saturated carbocycles. The first kappa shape index (κ1) is 10.7. The van der Waals surface area contributed by atoms with Gasteiger partial charge in [-0.1, -0.05) is 17.7 Å². The highest BCUT2D eigenvalue weighted by Crippen LogP contribution is 2.34. The lowest BCUT2D eigenvalue weighted by Crippen LogP contribution is -2.07. The molecule has 3 heteroatoms. The Morgan fingerprint density at radius 2 is 1.33 bits per heavy atom. The van der Waals surface area contributed by atoms with Crippen molar-refractivity contribution in [3.8, 4) is 0 Å². The predicted octanol–water partition coefficient (Wildman–Crippen LogP) is 4.65. The summed E-state index contributed by atoms with van der Waals surface area (Å²) in [4.78, 5) is 1.93. The molecule has 3 aromatic rings. The maximum Gasteiger partial charge on any atom is 0.206 e. The molecule has 0 unspecified atom stereocenters. The minimum absolute atomic E-state index is 0.730. The van der Waals surface area contributed by atoms with Crippen molar-refractivity contribution in [3.05, 3.63) is 66.6 Å². The Labute approximate surface area is 105 Å². The Kier molecular flexibility index (Phi) is 2.65. The van der Waals surface area contributed by atoms with Gasteiger partial charge >= 0.3 is 0 Å². The molecule has 0 saturated heterocycles. The van der Waals surface area contributed by atoms with Gasteiger partial charge in [-0.05, 0) is 31.2 Å². The molecule has 3 rings (SSSR count). The zero-order valence-electron chi connectivity index (χ0n) is 10.0. The van der Waals surface area contributed by atoms with Crippen molar-refractivity contribution < 1.29 is 8.83 Å². The van der Waals surface area contributed by atoms with E-state index in [0.717, 1.165) is 17.5 Å². The van der Waals surface area contributed by atoms with Gasteiger partial charge in [-0.3, -0.25) is 4.90 Å². The second-order valence-electron chi connectivity index (χ2n) is 4.07. The Morgan fingerprint density at radius 3 is 1.78 bits per heavy atom. The van der Waals surface area contributed by atoms with Gasteiger partial charge in [0.2, 0.25) is 11.8 Å². The van der Waals surface area contributed by atoms with E-state index in [1.165, 1.54) is 5.56 Å². The van der Waals surface area contributed by atoms with Gasteiger partial charge in [0.25, 0.3) is 0 Å². The quantitative estimate of drug-likeness (QED) is 0.666. The molecule has 0 aliphatic carbocycles. The first-order valence-electron chi connectivity index (χ1n) is 5.78. The number of hydrogen-bond acceptors (Lipinski definition) is 3. The second-order valence-corrected chi connectivity index (χ2v) is 4.07. The number of nitrogens with zero attached hydrogens (tertiary/aromatic N) is 1. The summed E-state index contributed by atoms with van der Waals surface area (Å²) in [5.74, 6) is 1.46. The maximum absolute atomic E-state index is 5.47. The third kappa shape index (κ3) is 1.91. The van der Waals surface area contributed by atoms with Crippen LogP contribution in [0.4, 0.5) is 17.5 Å². The van der Waals surface area contributed by atoms with E-state index < -0.39 is 0 Å². The molecule has 0 bridgehead atoms. The zero-order valence-corrected chi connectivity index (χ0v) is 10.0. The predicted molar refractivity (Wildman–Crippen MR) is 70.4 cm³/mol. The summed E-state index contributed by atoms with van der Waals surface area (Å²) in [6, 6.07) is 15.7. The Bertz CT molecular complexity index is 560. The van der Waals surface area contributed by atoms with Gasteiger partial charge in [-0.25, -0.2) is 0 Å². The van der Waals surface area contributed by atoms with Crippen molar-refractivity contribution in [3.63, 3.8) is 0 Å². The van der Waals surface area contributed by atoms with Gasteiger partial charge in [-0.2, -0.15) is 0 Å². The van der Waals surface area contributed by atoms with Crippen molar-refractivity contribution >= 4 is 17.5 Å². The lowest BCUT2D eigenvalue weighted by atomic mass is 10.2. The van der Waals surface area contributed by atoms with Crippen LogP contribution in [0.3, 0.4) is 0 Å². The molecule has 0 fully saturated rings. The number of benzene rings is 1. The largest absolute Gasteiger partial charge is 0.448 e. The van der Waals surface area contributed by atoms with Gasteiger partial charge in [0.1, 0.15) is 0 Å². The first-order chi connectivity index (χ1) is 8.84. The molecule has 0 aliphatic heterocycles. The minimum Gasteiger partial charge on any atom is -0.448 e. The molecule has 18 heavy (non-hydrogen) atoms. The van der Waals surface area contributed by atoms with E-state index in [1.807, 2.05) is 41.3 Å². The fourth-order valence-corrected chi connectivity index (χ4v) is 1.85. The molecule has 0 N–H and O–H groups in total. The van der Waals surface area contributed by atoms with Crippen LogP contribution < -0.4 is 4.90 Å². The Morgan fingerprint density at radius 1 is 0.778 bits per heavy atom. The highest BCUT2D eigenvalue weighted by atomic mass is 16.4. The van der Waals surface area contributed by atoms with Gasteiger partial charge in [0.15, 0.2) is 0 Å². The minimum atomic E-state index is 0.730. The topological polar surface area (TPSA) is 29.5 Å². The number of anilines is 3. The van der Waals surface area contributed by atoms with Crippen LogP contribution in [-0.2, 0) is 0 Å². The summed E-state index contributed by atoms with van der Waals surface area (Å²) < 4.78 is 10.9. The molecule has 0 aliphatic rings. The van der Waals surface area contributed by atoms with Crippen LogP contribution in [0.5, 0.6) is 0 Å². The average Bonchev–Trinajstić information content (AvgIpc) is 3.06. The number of furan rings is 2. The van der Waals surface area contributed by atoms with Crippen LogP contribution in [0.15, 0.2) is 69.9 Å². The SMILES string of the molecule is Cc1ccc(N(c2ccco2)c2ccco2)cc1. The fourth-order valence-electron chi connectivity index (χ4n) is 1.85. The summed E-state index contributed by atoms with van der Waals surface area (Å²) in [6.07, 6.45) is 3.30. The van der Waals surface area contributed by atoms with E-state index >= 15 is 0 Å². The third-order valence-corrected chi connectivity index (χ3v) is 2.75. The molecular formula is C15H13NO2. The summed E-state index contributed by atoms with van der Waals surface area (Å²) in [5.41, 5.74) is 2.23. The lowest BCUT2D eigenvalue weighted by Gasteiger charge is -2.19. The van der Waals surface area contributed by atoms with Crippen molar-refractivity contribution in [2.75, 3.05) is 4.90 Å². The maximum atomic E-state index is 5.47. The Balaban J connectivity index is 2.08. The molecule has 1 aromatic carbocycles. The van der Waals surface area contributed by atoms with Gasteiger partial charge in [0.05, 0.1) is 18.2 Å². The molecular weight excluding hydrogens is 226 g/mol. The summed E-state index contributed by atoms with van der Waals surface area (Å²) in [6.45, 7) is 2.06. The highest BCUT2D eigenvalue weighted by Gasteiger charge is 2.16. The van der Waals surface area contributed by atoms with Gasteiger partial charge < -0.3 is 8.83 Å². The van der Waals surface area contributed by atoms with Crippen LogP contribution in [0, 0.1) is 6.92 Å². The van der Waals surface area contributed by atoms with Crippen molar-refractivity contribution in [2.45, 2.75) is 6.92 Å². The van der Waals surface area contributed by atoms with Crippen LogP contribution in [-0.4, -0.2) is 0 Å². The van der Waals surface area contributed by atoms with E-state index in [2.05, 4.69) is 19.1 Å². The molecule has 90 valence electrons. The molecule has 0 amide bonds. The third-order valence-electron chi connectivity index (χ3n) is 2.75.